The molecule has 1 rings (SSSR count). The van der Waals surface area contributed by atoms with Crippen LogP contribution < -0.4 is 5.32 Å². The molecule has 0 heterocycles. The fourth-order valence-electron chi connectivity index (χ4n) is 1.78. The van der Waals surface area contributed by atoms with E-state index in [9.17, 15) is 4.79 Å². The molecule has 0 aliphatic rings. The van der Waals surface area contributed by atoms with Crippen molar-refractivity contribution in [2.45, 2.75) is 32.7 Å². The van der Waals surface area contributed by atoms with E-state index in [1.165, 1.54) is 5.56 Å². The Morgan fingerprint density at radius 2 is 1.94 bits per heavy atom. The van der Waals surface area contributed by atoms with Crippen LogP contribution >= 0.6 is 0 Å². The van der Waals surface area contributed by atoms with Crippen LogP contribution in [-0.2, 0) is 11.2 Å². The van der Waals surface area contributed by atoms with E-state index in [4.69, 9.17) is 5.11 Å². The van der Waals surface area contributed by atoms with Gasteiger partial charge in [-0.1, -0.05) is 44.2 Å². The zero-order chi connectivity index (χ0) is 12.7. The summed E-state index contributed by atoms with van der Waals surface area (Å²) in [5, 5.41) is 12.2. The van der Waals surface area contributed by atoms with Crippen LogP contribution in [0, 0.1) is 5.92 Å². The van der Waals surface area contributed by atoms with Crippen molar-refractivity contribution in [3.8, 4) is 0 Å². The number of carboxylic acid groups (broad SMARTS) is 1. The molecule has 2 N–H and O–H groups in total. The normalized spacial score (nSPS) is 12.6. The molecule has 0 fully saturated rings. The van der Waals surface area contributed by atoms with E-state index in [1.54, 1.807) is 0 Å². The zero-order valence-corrected chi connectivity index (χ0v) is 10.5. The Morgan fingerprint density at radius 1 is 1.29 bits per heavy atom. The first-order valence-corrected chi connectivity index (χ1v) is 6.09. The highest BCUT2D eigenvalue weighted by Crippen LogP contribution is 2.05. The van der Waals surface area contributed by atoms with E-state index >= 15 is 0 Å². The number of carbonyl (C=O) groups is 1. The smallest absolute Gasteiger partial charge is 0.320 e. The monoisotopic (exact) mass is 235 g/mol. The molecular formula is C14H21NO2. The lowest BCUT2D eigenvalue weighted by Gasteiger charge is -2.16. The third-order valence-corrected chi connectivity index (χ3v) is 2.65. The lowest BCUT2D eigenvalue weighted by molar-refractivity contribution is -0.139. The summed E-state index contributed by atoms with van der Waals surface area (Å²) in [6, 6.07) is 9.66. The van der Waals surface area contributed by atoms with E-state index in [0.717, 1.165) is 6.42 Å². The van der Waals surface area contributed by atoms with Crippen LogP contribution in [-0.4, -0.2) is 23.7 Å². The molecule has 0 bridgehead atoms. The summed E-state index contributed by atoms with van der Waals surface area (Å²) >= 11 is 0. The fourth-order valence-corrected chi connectivity index (χ4v) is 1.78. The van der Waals surface area contributed by atoms with Crippen molar-refractivity contribution in [1.29, 1.82) is 0 Å². The Balaban J connectivity index is 2.35. The van der Waals surface area contributed by atoms with Crippen molar-refractivity contribution in [2.24, 2.45) is 5.92 Å². The van der Waals surface area contributed by atoms with Gasteiger partial charge in [-0.2, -0.15) is 0 Å². The molecule has 3 nitrogen and oxygen atoms in total. The molecule has 0 spiro atoms. The van der Waals surface area contributed by atoms with Crippen molar-refractivity contribution in [3.63, 3.8) is 0 Å². The maximum absolute atomic E-state index is 11.0. The first kappa shape index (κ1) is 13.7. The van der Waals surface area contributed by atoms with E-state index < -0.39 is 12.0 Å². The maximum atomic E-state index is 11.0. The highest BCUT2D eigenvalue weighted by atomic mass is 16.4. The molecule has 0 aromatic heterocycles. The van der Waals surface area contributed by atoms with Gasteiger partial charge in [0.25, 0.3) is 0 Å². The second-order valence-electron chi connectivity index (χ2n) is 4.71. The van der Waals surface area contributed by atoms with Crippen LogP contribution in [0.25, 0.3) is 0 Å². The van der Waals surface area contributed by atoms with Gasteiger partial charge in [0.15, 0.2) is 0 Å². The second kappa shape index (κ2) is 7.07. The van der Waals surface area contributed by atoms with Gasteiger partial charge < -0.3 is 10.4 Å². The Hall–Kier alpha value is -1.35. The van der Waals surface area contributed by atoms with Crippen molar-refractivity contribution < 1.29 is 9.90 Å². The van der Waals surface area contributed by atoms with Crippen LogP contribution in [0.1, 0.15) is 25.8 Å². The molecule has 0 saturated heterocycles. The molecule has 1 aromatic carbocycles. The Morgan fingerprint density at radius 3 is 2.47 bits per heavy atom. The third-order valence-electron chi connectivity index (χ3n) is 2.65. The molecule has 0 aliphatic heterocycles. The summed E-state index contributed by atoms with van der Waals surface area (Å²) in [6.07, 6.45) is 1.53. The SMILES string of the molecule is CC(C)C[C@@H](NCCc1ccccc1)C(=O)O. The second-order valence-corrected chi connectivity index (χ2v) is 4.71. The average Bonchev–Trinajstić information content (AvgIpc) is 2.28. The van der Waals surface area contributed by atoms with Gasteiger partial charge in [0, 0.05) is 0 Å². The zero-order valence-electron chi connectivity index (χ0n) is 10.5. The maximum Gasteiger partial charge on any atom is 0.320 e. The number of carboxylic acids is 1. The number of aliphatic carboxylic acids is 1. The molecule has 0 radical (unpaired) electrons. The van der Waals surface area contributed by atoms with Crippen molar-refractivity contribution in [2.75, 3.05) is 6.54 Å². The van der Waals surface area contributed by atoms with Crippen LogP contribution in [0.5, 0.6) is 0 Å². The molecule has 0 amide bonds. The quantitative estimate of drug-likeness (QED) is 0.762. The van der Waals surface area contributed by atoms with E-state index in [0.29, 0.717) is 18.9 Å². The lowest BCUT2D eigenvalue weighted by atomic mass is 10.0. The topological polar surface area (TPSA) is 49.3 Å². The highest BCUT2D eigenvalue weighted by molar-refractivity contribution is 5.73. The van der Waals surface area contributed by atoms with Gasteiger partial charge in [0.05, 0.1) is 0 Å². The first-order valence-electron chi connectivity index (χ1n) is 6.09. The number of hydrogen-bond acceptors (Lipinski definition) is 2. The summed E-state index contributed by atoms with van der Waals surface area (Å²) in [4.78, 5) is 11.0. The average molecular weight is 235 g/mol. The summed E-state index contributed by atoms with van der Waals surface area (Å²) < 4.78 is 0. The van der Waals surface area contributed by atoms with Crippen LogP contribution in [0.15, 0.2) is 30.3 Å². The van der Waals surface area contributed by atoms with Crippen LogP contribution in [0.3, 0.4) is 0 Å². The van der Waals surface area contributed by atoms with Gasteiger partial charge in [-0.05, 0) is 30.9 Å². The Labute approximate surface area is 103 Å². The minimum Gasteiger partial charge on any atom is -0.480 e. The summed E-state index contributed by atoms with van der Waals surface area (Å²) in [5.74, 6) is -0.368. The van der Waals surface area contributed by atoms with Crippen LogP contribution in [0.4, 0.5) is 0 Å². The van der Waals surface area contributed by atoms with Gasteiger partial charge >= 0.3 is 5.97 Å². The number of nitrogens with one attached hydrogen (secondary N) is 1. The third kappa shape index (κ3) is 5.50. The number of rotatable bonds is 7. The number of benzene rings is 1. The predicted octanol–water partition coefficient (Wildman–Crippen LogP) is 2.32. The van der Waals surface area contributed by atoms with E-state index in [-0.39, 0.29) is 0 Å². The Kier molecular flexibility index (Phi) is 5.70. The van der Waals surface area contributed by atoms with Gasteiger partial charge in [-0.15, -0.1) is 0 Å². The molecule has 17 heavy (non-hydrogen) atoms. The van der Waals surface area contributed by atoms with E-state index in [1.807, 2.05) is 32.0 Å². The largest absolute Gasteiger partial charge is 0.480 e. The molecule has 94 valence electrons. The minimum atomic E-state index is -0.758. The van der Waals surface area contributed by atoms with Gasteiger partial charge in [0.2, 0.25) is 0 Å². The summed E-state index contributed by atoms with van der Waals surface area (Å²) in [6.45, 7) is 4.78. The highest BCUT2D eigenvalue weighted by Gasteiger charge is 2.17. The van der Waals surface area contributed by atoms with Gasteiger partial charge in [0.1, 0.15) is 6.04 Å². The van der Waals surface area contributed by atoms with Gasteiger partial charge in [-0.25, -0.2) is 0 Å². The van der Waals surface area contributed by atoms with Crippen LogP contribution in [0.2, 0.25) is 0 Å². The van der Waals surface area contributed by atoms with Crippen molar-refractivity contribution >= 4 is 5.97 Å². The Bertz CT molecular complexity index is 335. The predicted molar refractivity (Wildman–Crippen MR) is 69.0 cm³/mol. The summed E-state index contributed by atoms with van der Waals surface area (Å²) in [5.41, 5.74) is 1.23. The standard InChI is InChI=1S/C14H21NO2/c1-11(2)10-13(14(16)17)15-9-8-12-6-4-3-5-7-12/h3-7,11,13,15H,8-10H2,1-2H3,(H,16,17)/t13-/m1/s1. The van der Waals surface area contributed by atoms with Gasteiger partial charge in [-0.3, -0.25) is 4.79 Å². The molecular weight excluding hydrogens is 214 g/mol. The van der Waals surface area contributed by atoms with E-state index in [2.05, 4.69) is 17.4 Å². The molecule has 0 aliphatic carbocycles. The number of hydrogen-bond donors (Lipinski definition) is 2. The van der Waals surface area contributed by atoms with Crippen molar-refractivity contribution in [3.05, 3.63) is 35.9 Å². The fraction of sp³-hybridized carbons (Fsp3) is 0.500. The first-order chi connectivity index (χ1) is 8.09. The molecule has 1 atom stereocenters. The lowest BCUT2D eigenvalue weighted by Crippen LogP contribution is -2.38. The molecule has 0 unspecified atom stereocenters. The summed E-state index contributed by atoms with van der Waals surface area (Å²) in [7, 11) is 0. The molecule has 3 heteroatoms. The minimum absolute atomic E-state index is 0.389. The molecule has 0 saturated carbocycles. The van der Waals surface area contributed by atoms with Crippen molar-refractivity contribution in [1.82, 2.24) is 5.32 Å². The molecule has 1 aromatic rings.